The fourth-order valence-electron chi connectivity index (χ4n) is 2.92. The molecule has 0 N–H and O–H groups in total. The van der Waals surface area contributed by atoms with Crippen LogP contribution in [-0.4, -0.2) is 47.1 Å². The molecule has 1 saturated heterocycles. The van der Waals surface area contributed by atoms with Crippen molar-refractivity contribution in [2.24, 2.45) is 11.0 Å². The number of carbonyl (C=O) groups excluding carboxylic acids is 4. The number of nitrogens with zero attached hydrogens (tertiary/aromatic N) is 3. The van der Waals surface area contributed by atoms with Crippen molar-refractivity contribution in [3.63, 3.8) is 0 Å². The molecule has 9 heteroatoms. The van der Waals surface area contributed by atoms with Crippen molar-refractivity contribution in [1.82, 2.24) is 5.01 Å². The SMILES string of the molecule is CCOC(=O)C1=NN(C(C)=O)[C@@H]2C(=O)N(c3cccc(Cl)c3)C(=O)[C@@H]12. The maximum Gasteiger partial charge on any atom is 0.355 e. The van der Waals surface area contributed by atoms with Crippen LogP contribution in [0.25, 0.3) is 0 Å². The summed E-state index contributed by atoms with van der Waals surface area (Å²) >= 11 is 5.93. The van der Waals surface area contributed by atoms with E-state index in [-0.39, 0.29) is 18.0 Å². The zero-order valence-electron chi connectivity index (χ0n) is 13.4. The zero-order valence-corrected chi connectivity index (χ0v) is 14.2. The van der Waals surface area contributed by atoms with Gasteiger partial charge in [-0.25, -0.2) is 14.7 Å². The van der Waals surface area contributed by atoms with Gasteiger partial charge in [-0.15, -0.1) is 0 Å². The summed E-state index contributed by atoms with van der Waals surface area (Å²) in [5.41, 5.74) is 0.0218. The molecule has 1 fully saturated rings. The van der Waals surface area contributed by atoms with Crippen molar-refractivity contribution in [3.05, 3.63) is 29.3 Å². The number of amides is 3. The molecule has 130 valence electrons. The Labute approximate surface area is 148 Å². The van der Waals surface area contributed by atoms with Gasteiger partial charge in [0.05, 0.1) is 12.3 Å². The van der Waals surface area contributed by atoms with Crippen LogP contribution in [0.2, 0.25) is 5.02 Å². The molecule has 0 saturated carbocycles. The van der Waals surface area contributed by atoms with Gasteiger partial charge in [0.15, 0.2) is 11.8 Å². The van der Waals surface area contributed by atoms with E-state index in [1.807, 2.05) is 0 Å². The average molecular weight is 364 g/mol. The Morgan fingerprint density at radius 3 is 2.60 bits per heavy atom. The van der Waals surface area contributed by atoms with Crippen LogP contribution in [0.15, 0.2) is 29.4 Å². The first kappa shape index (κ1) is 17.1. The highest BCUT2D eigenvalue weighted by Crippen LogP contribution is 2.36. The number of hydrogen-bond acceptors (Lipinski definition) is 6. The van der Waals surface area contributed by atoms with Gasteiger partial charge in [0.2, 0.25) is 11.8 Å². The number of hydrogen-bond donors (Lipinski definition) is 0. The Morgan fingerprint density at radius 2 is 2.00 bits per heavy atom. The Balaban J connectivity index is 2.04. The van der Waals surface area contributed by atoms with E-state index in [4.69, 9.17) is 16.3 Å². The number of hydrazone groups is 1. The molecule has 25 heavy (non-hydrogen) atoms. The summed E-state index contributed by atoms with van der Waals surface area (Å²) in [5, 5.41) is 5.08. The number of carbonyl (C=O) groups is 4. The predicted molar refractivity (Wildman–Crippen MR) is 87.8 cm³/mol. The molecule has 0 bridgehead atoms. The lowest BCUT2D eigenvalue weighted by Gasteiger charge is -2.19. The molecule has 0 spiro atoms. The first-order chi connectivity index (χ1) is 11.9. The van der Waals surface area contributed by atoms with Gasteiger partial charge in [0.25, 0.3) is 5.91 Å². The summed E-state index contributed by atoms with van der Waals surface area (Å²) < 4.78 is 4.89. The lowest BCUT2D eigenvalue weighted by Crippen LogP contribution is -2.41. The third kappa shape index (κ3) is 2.68. The summed E-state index contributed by atoms with van der Waals surface area (Å²) in [7, 11) is 0. The average Bonchev–Trinajstić information content (AvgIpc) is 3.06. The standard InChI is InChI=1S/C16H14ClN3O5/c1-3-25-16(24)12-11-13(20(18-12)8(2)21)15(23)19(14(11)22)10-6-4-5-9(17)7-10/h4-7,11,13H,3H2,1-2H3/t11-,13-/m0/s1. The molecular weight excluding hydrogens is 350 g/mol. The molecule has 2 atom stereocenters. The summed E-state index contributed by atoms with van der Waals surface area (Å²) in [4.78, 5) is 50.5. The molecule has 0 unspecified atom stereocenters. The van der Waals surface area contributed by atoms with Gasteiger partial charge in [0, 0.05) is 11.9 Å². The van der Waals surface area contributed by atoms with Crippen LogP contribution in [-0.2, 0) is 23.9 Å². The number of fused-ring (bicyclic) bond motifs is 1. The second kappa shape index (κ2) is 6.29. The first-order valence-electron chi connectivity index (χ1n) is 7.55. The maximum atomic E-state index is 12.8. The van der Waals surface area contributed by atoms with Crippen LogP contribution in [0.4, 0.5) is 5.69 Å². The van der Waals surface area contributed by atoms with Gasteiger partial charge >= 0.3 is 5.97 Å². The number of ether oxygens (including phenoxy) is 1. The van der Waals surface area contributed by atoms with Crippen molar-refractivity contribution >= 4 is 46.7 Å². The molecule has 0 radical (unpaired) electrons. The topological polar surface area (TPSA) is 96.3 Å². The molecule has 0 aromatic heterocycles. The number of rotatable bonds is 3. The van der Waals surface area contributed by atoms with Crippen molar-refractivity contribution in [2.75, 3.05) is 11.5 Å². The van der Waals surface area contributed by atoms with Gasteiger partial charge in [-0.1, -0.05) is 17.7 Å². The highest BCUT2D eigenvalue weighted by Gasteiger charge is 2.59. The van der Waals surface area contributed by atoms with Crippen molar-refractivity contribution in [3.8, 4) is 0 Å². The summed E-state index contributed by atoms with van der Waals surface area (Å²) in [6.07, 6.45) is 0. The van der Waals surface area contributed by atoms with Crippen molar-refractivity contribution in [2.45, 2.75) is 19.9 Å². The Kier molecular flexibility index (Phi) is 4.30. The fraction of sp³-hybridized carbons (Fsp3) is 0.312. The van der Waals surface area contributed by atoms with E-state index in [0.717, 1.165) is 9.91 Å². The number of halogens is 1. The highest BCUT2D eigenvalue weighted by atomic mass is 35.5. The normalized spacial score (nSPS) is 22.1. The van der Waals surface area contributed by atoms with E-state index in [9.17, 15) is 19.2 Å². The third-order valence-corrected chi connectivity index (χ3v) is 4.16. The Bertz CT molecular complexity index is 822. The Morgan fingerprint density at radius 1 is 1.28 bits per heavy atom. The summed E-state index contributed by atoms with van der Waals surface area (Å²) in [6, 6.07) is 5.00. The molecule has 0 aliphatic carbocycles. The summed E-state index contributed by atoms with van der Waals surface area (Å²) in [5.74, 6) is -3.85. The van der Waals surface area contributed by atoms with Crippen LogP contribution >= 0.6 is 11.6 Å². The van der Waals surface area contributed by atoms with Gasteiger partial charge in [0.1, 0.15) is 5.92 Å². The molecule has 3 rings (SSSR count). The third-order valence-electron chi connectivity index (χ3n) is 3.92. The number of anilines is 1. The van der Waals surface area contributed by atoms with Crippen LogP contribution in [0.5, 0.6) is 0 Å². The van der Waals surface area contributed by atoms with Crippen LogP contribution in [0, 0.1) is 5.92 Å². The minimum Gasteiger partial charge on any atom is -0.461 e. The van der Waals surface area contributed by atoms with E-state index < -0.39 is 35.7 Å². The van der Waals surface area contributed by atoms with Crippen LogP contribution in [0.1, 0.15) is 13.8 Å². The minimum absolute atomic E-state index is 0.0788. The van der Waals surface area contributed by atoms with Crippen molar-refractivity contribution < 1.29 is 23.9 Å². The Hall–Kier alpha value is -2.74. The van der Waals surface area contributed by atoms with E-state index in [2.05, 4.69) is 5.10 Å². The molecule has 1 aromatic carbocycles. The maximum absolute atomic E-state index is 12.8. The van der Waals surface area contributed by atoms with E-state index in [1.54, 1.807) is 25.1 Å². The van der Waals surface area contributed by atoms with E-state index in [1.165, 1.54) is 13.0 Å². The first-order valence-corrected chi connectivity index (χ1v) is 7.93. The molecular formula is C16H14ClN3O5. The smallest absolute Gasteiger partial charge is 0.355 e. The largest absolute Gasteiger partial charge is 0.461 e. The lowest BCUT2D eigenvalue weighted by molar-refractivity contribution is -0.136. The van der Waals surface area contributed by atoms with Gasteiger partial charge in [-0.3, -0.25) is 14.4 Å². The molecule has 1 aromatic rings. The molecule has 8 nitrogen and oxygen atoms in total. The molecule has 2 heterocycles. The van der Waals surface area contributed by atoms with Crippen LogP contribution in [0.3, 0.4) is 0 Å². The fourth-order valence-corrected chi connectivity index (χ4v) is 3.10. The van der Waals surface area contributed by atoms with Gasteiger partial charge < -0.3 is 4.74 Å². The predicted octanol–water partition coefficient (Wildman–Crippen LogP) is 0.979. The number of esters is 1. The van der Waals surface area contributed by atoms with Gasteiger partial charge in [-0.05, 0) is 25.1 Å². The number of imide groups is 1. The highest BCUT2D eigenvalue weighted by molar-refractivity contribution is 6.47. The van der Waals surface area contributed by atoms with E-state index in [0.29, 0.717) is 5.02 Å². The number of benzene rings is 1. The quantitative estimate of drug-likeness (QED) is 0.589. The van der Waals surface area contributed by atoms with Crippen LogP contribution < -0.4 is 4.90 Å². The lowest BCUT2D eigenvalue weighted by atomic mass is 9.98. The minimum atomic E-state index is -1.19. The second-order valence-corrected chi connectivity index (χ2v) is 5.92. The molecule has 2 aliphatic rings. The van der Waals surface area contributed by atoms with Gasteiger partial charge in [-0.2, -0.15) is 5.10 Å². The zero-order chi connectivity index (χ0) is 18.3. The van der Waals surface area contributed by atoms with E-state index >= 15 is 0 Å². The summed E-state index contributed by atoms with van der Waals surface area (Å²) in [6.45, 7) is 2.89. The van der Waals surface area contributed by atoms with Crippen molar-refractivity contribution in [1.29, 1.82) is 0 Å². The second-order valence-electron chi connectivity index (χ2n) is 5.48. The molecule has 2 aliphatic heterocycles. The monoisotopic (exact) mass is 363 g/mol. The molecule has 3 amide bonds.